The second-order valence-corrected chi connectivity index (χ2v) is 8.95. The first-order valence-corrected chi connectivity index (χ1v) is 10.4. The van der Waals surface area contributed by atoms with Crippen molar-refractivity contribution in [2.24, 2.45) is 0 Å². The van der Waals surface area contributed by atoms with Crippen LogP contribution >= 0.6 is 11.8 Å². The molecule has 2 rings (SSSR count). The molecular formula is C20H32N4O2S. The highest BCUT2D eigenvalue weighted by Gasteiger charge is 2.24. The third kappa shape index (κ3) is 6.52. The first kappa shape index (κ1) is 21.7. The number of fused-ring (bicyclic) bond motifs is 1. The summed E-state index contributed by atoms with van der Waals surface area (Å²) in [5, 5.41) is 2.81. The summed E-state index contributed by atoms with van der Waals surface area (Å²) in [5.74, 6) is 0.0269. The molecule has 0 bridgehead atoms. The van der Waals surface area contributed by atoms with Gasteiger partial charge in [0.05, 0.1) is 10.9 Å². The van der Waals surface area contributed by atoms with Crippen molar-refractivity contribution in [3.63, 3.8) is 0 Å². The van der Waals surface area contributed by atoms with Gasteiger partial charge in [-0.2, -0.15) is 0 Å². The van der Waals surface area contributed by atoms with Crippen molar-refractivity contribution in [1.82, 2.24) is 14.7 Å². The minimum Gasteiger partial charge on any atom is -0.339 e. The molecule has 7 heteroatoms. The van der Waals surface area contributed by atoms with Gasteiger partial charge in [0.15, 0.2) is 0 Å². The molecule has 1 atom stereocenters. The van der Waals surface area contributed by atoms with Crippen LogP contribution in [0.2, 0.25) is 0 Å². The number of anilines is 1. The normalized spacial score (nSPS) is 16.4. The van der Waals surface area contributed by atoms with E-state index in [1.807, 2.05) is 58.2 Å². The van der Waals surface area contributed by atoms with Gasteiger partial charge in [-0.25, -0.2) is 0 Å². The van der Waals surface area contributed by atoms with Gasteiger partial charge in [0.25, 0.3) is 5.91 Å². The van der Waals surface area contributed by atoms with Crippen molar-refractivity contribution < 1.29 is 9.59 Å². The number of benzene rings is 1. The molecule has 0 fully saturated rings. The molecule has 1 unspecified atom stereocenters. The van der Waals surface area contributed by atoms with E-state index in [9.17, 15) is 9.59 Å². The molecule has 1 aliphatic rings. The van der Waals surface area contributed by atoms with E-state index in [1.165, 1.54) is 11.8 Å². The Bertz CT molecular complexity index is 649. The lowest BCUT2D eigenvalue weighted by Gasteiger charge is -2.26. The largest absolute Gasteiger partial charge is 0.339 e. The number of thioether (sulfide) groups is 1. The average molecular weight is 393 g/mol. The first-order valence-electron chi connectivity index (χ1n) is 9.48. The Morgan fingerprint density at radius 1 is 1.04 bits per heavy atom. The van der Waals surface area contributed by atoms with Gasteiger partial charge in [-0.3, -0.25) is 9.59 Å². The fourth-order valence-corrected chi connectivity index (χ4v) is 3.93. The molecule has 1 N–H and O–H groups in total. The standard InChI is InChI=1S/C20H32N4O2S/c1-15-19(25)21-17-14-16(8-9-18(17)27-15)20(26)24(12-6-10-22(2)3)13-7-11-23(4)5/h8-9,14-15H,6-7,10-13H2,1-5H3,(H,21,25). The highest BCUT2D eigenvalue weighted by molar-refractivity contribution is 8.00. The predicted molar refractivity (Wildman–Crippen MR) is 113 cm³/mol. The fourth-order valence-electron chi connectivity index (χ4n) is 2.99. The van der Waals surface area contributed by atoms with Crippen LogP contribution in [0.25, 0.3) is 0 Å². The number of hydrogen-bond donors (Lipinski definition) is 1. The van der Waals surface area contributed by atoms with E-state index < -0.39 is 0 Å². The van der Waals surface area contributed by atoms with E-state index >= 15 is 0 Å². The number of nitrogens with one attached hydrogen (secondary N) is 1. The van der Waals surface area contributed by atoms with Gasteiger partial charge in [0.2, 0.25) is 5.91 Å². The van der Waals surface area contributed by atoms with Gasteiger partial charge >= 0.3 is 0 Å². The van der Waals surface area contributed by atoms with Crippen LogP contribution in [0.3, 0.4) is 0 Å². The summed E-state index contributed by atoms with van der Waals surface area (Å²) in [4.78, 5) is 32.3. The highest BCUT2D eigenvalue weighted by Crippen LogP contribution is 2.36. The topological polar surface area (TPSA) is 55.9 Å². The number of nitrogens with zero attached hydrogens (tertiary/aromatic N) is 3. The van der Waals surface area contributed by atoms with Crippen molar-refractivity contribution in [3.8, 4) is 0 Å². The molecule has 6 nitrogen and oxygen atoms in total. The predicted octanol–water partition coefficient (Wildman–Crippen LogP) is 2.46. The molecular weight excluding hydrogens is 360 g/mol. The van der Waals surface area contributed by atoms with E-state index in [-0.39, 0.29) is 17.1 Å². The molecule has 1 aliphatic heterocycles. The zero-order chi connectivity index (χ0) is 20.0. The molecule has 0 aliphatic carbocycles. The van der Waals surface area contributed by atoms with Crippen molar-refractivity contribution in [2.45, 2.75) is 29.9 Å². The lowest BCUT2D eigenvalue weighted by atomic mass is 10.1. The molecule has 2 amide bonds. The quantitative estimate of drug-likeness (QED) is 0.700. The molecule has 1 aromatic rings. The molecule has 0 spiro atoms. The van der Waals surface area contributed by atoms with Gasteiger partial charge < -0.3 is 20.0 Å². The molecule has 150 valence electrons. The number of carbonyl (C=O) groups excluding carboxylic acids is 2. The van der Waals surface area contributed by atoms with Crippen molar-refractivity contribution in [1.29, 1.82) is 0 Å². The Balaban J connectivity index is 2.10. The van der Waals surface area contributed by atoms with E-state index in [4.69, 9.17) is 0 Å². The zero-order valence-corrected chi connectivity index (χ0v) is 17.9. The van der Waals surface area contributed by atoms with Gasteiger partial charge in [0.1, 0.15) is 0 Å². The second-order valence-electron chi connectivity index (χ2n) is 7.57. The van der Waals surface area contributed by atoms with Crippen LogP contribution in [0.15, 0.2) is 23.1 Å². The van der Waals surface area contributed by atoms with E-state index in [0.29, 0.717) is 5.56 Å². The molecule has 0 radical (unpaired) electrons. The second kappa shape index (κ2) is 10.1. The molecule has 0 aromatic heterocycles. The first-order chi connectivity index (χ1) is 12.8. The van der Waals surface area contributed by atoms with E-state index in [1.54, 1.807) is 0 Å². The lowest BCUT2D eigenvalue weighted by Crippen LogP contribution is -2.35. The Labute approximate surface area is 167 Å². The van der Waals surface area contributed by atoms with Gasteiger partial charge in [-0.15, -0.1) is 11.8 Å². The number of amides is 2. The van der Waals surface area contributed by atoms with Gasteiger partial charge in [-0.05, 0) is 79.2 Å². The van der Waals surface area contributed by atoms with E-state index in [2.05, 4.69) is 15.1 Å². The summed E-state index contributed by atoms with van der Waals surface area (Å²) in [7, 11) is 8.18. The number of carbonyl (C=O) groups is 2. The average Bonchev–Trinajstić information content (AvgIpc) is 2.60. The smallest absolute Gasteiger partial charge is 0.253 e. The van der Waals surface area contributed by atoms with Crippen LogP contribution in [-0.4, -0.2) is 86.1 Å². The summed E-state index contributed by atoms with van der Waals surface area (Å²) in [6.45, 7) is 5.26. The van der Waals surface area contributed by atoms with Crippen LogP contribution in [0.4, 0.5) is 5.69 Å². The maximum Gasteiger partial charge on any atom is 0.253 e. The van der Waals surface area contributed by atoms with Gasteiger partial charge in [0, 0.05) is 23.5 Å². The number of hydrogen-bond acceptors (Lipinski definition) is 5. The zero-order valence-electron chi connectivity index (χ0n) is 17.1. The minimum atomic E-state index is -0.104. The fraction of sp³-hybridized carbons (Fsp3) is 0.600. The molecule has 1 aromatic carbocycles. The van der Waals surface area contributed by atoms with Gasteiger partial charge in [-0.1, -0.05) is 0 Å². The maximum absolute atomic E-state index is 13.1. The van der Waals surface area contributed by atoms with Crippen LogP contribution in [0.1, 0.15) is 30.1 Å². The van der Waals surface area contributed by atoms with Crippen LogP contribution in [-0.2, 0) is 4.79 Å². The van der Waals surface area contributed by atoms with Crippen LogP contribution < -0.4 is 5.32 Å². The Kier molecular flexibility index (Phi) is 8.13. The van der Waals surface area contributed by atoms with Crippen molar-refractivity contribution in [3.05, 3.63) is 23.8 Å². The summed E-state index contributed by atoms with van der Waals surface area (Å²) >= 11 is 1.53. The van der Waals surface area contributed by atoms with Crippen LogP contribution in [0.5, 0.6) is 0 Å². The van der Waals surface area contributed by atoms with Crippen molar-refractivity contribution in [2.75, 3.05) is 59.7 Å². The summed E-state index contributed by atoms with van der Waals surface area (Å²) < 4.78 is 0. The Morgan fingerprint density at radius 2 is 1.63 bits per heavy atom. The molecule has 0 saturated carbocycles. The minimum absolute atomic E-state index is 0.00841. The summed E-state index contributed by atoms with van der Waals surface area (Å²) in [6, 6.07) is 5.64. The molecule has 27 heavy (non-hydrogen) atoms. The maximum atomic E-state index is 13.1. The Morgan fingerprint density at radius 3 is 2.19 bits per heavy atom. The third-order valence-corrected chi connectivity index (χ3v) is 5.69. The molecule has 0 saturated heterocycles. The van der Waals surface area contributed by atoms with E-state index in [0.717, 1.165) is 49.6 Å². The summed E-state index contributed by atoms with van der Waals surface area (Å²) in [6.07, 6.45) is 1.88. The highest BCUT2D eigenvalue weighted by atomic mass is 32.2. The lowest BCUT2D eigenvalue weighted by molar-refractivity contribution is -0.115. The summed E-state index contributed by atoms with van der Waals surface area (Å²) in [5.41, 5.74) is 1.38. The number of rotatable bonds is 9. The molecule has 1 heterocycles. The monoisotopic (exact) mass is 392 g/mol. The van der Waals surface area contributed by atoms with Crippen molar-refractivity contribution >= 4 is 29.3 Å². The Hall–Kier alpha value is -1.57. The third-order valence-electron chi connectivity index (χ3n) is 4.51. The van der Waals surface area contributed by atoms with Crippen LogP contribution in [0, 0.1) is 0 Å². The SMILES string of the molecule is CC1Sc2ccc(C(=O)N(CCCN(C)C)CCCN(C)C)cc2NC1=O.